The van der Waals surface area contributed by atoms with Crippen molar-refractivity contribution < 1.29 is 0 Å². The van der Waals surface area contributed by atoms with Gasteiger partial charge in [-0.3, -0.25) is 0 Å². The van der Waals surface area contributed by atoms with E-state index in [-0.39, 0.29) is 0 Å². The smallest absolute Gasteiger partial charge is 0.119 e. The summed E-state index contributed by atoms with van der Waals surface area (Å²) in [6.07, 6.45) is 10.3. The second-order valence-electron chi connectivity index (χ2n) is 3.29. The zero-order chi connectivity index (χ0) is 8.55. The second kappa shape index (κ2) is 2.63. The highest BCUT2D eigenvalue weighted by molar-refractivity contribution is 5.83. The van der Waals surface area contributed by atoms with Crippen LogP contribution in [0.3, 0.4) is 0 Å². The van der Waals surface area contributed by atoms with Crippen molar-refractivity contribution in [2.24, 2.45) is 22.6 Å². The Kier molecular flexibility index (Phi) is 1.61. The molecule has 62 valence electrons. The van der Waals surface area contributed by atoms with Gasteiger partial charge in [0, 0.05) is 12.1 Å². The molecule has 12 heavy (non-hydrogen) atoms. The molecule has 2 rings (SSSR count). The highest BCUT2D eigenvalue weighted by Crippen LogP contribution is 2.28. The van der Waals surface area contributed by atoms with E-state index in [2.05, 4.69) is 30.1 Å². The predicted molar refractivity (Wildman–Crippen MR) is 50.6 cm³/mol. The Balaban J connectivity index is 2.36. The van der Waals surface area contributed by atoms with Crippen LogP contribution in [0, 0.1) is 11.8 Å². The van der Waals surface area contributed by atoms with Crippen molar-refractivity contribution in [2.45, 2.75) is 6.92 Å². The van der Waals surface area contributed by atoms with Gasteiger partial charge < -0.3 is 5.73 Å². The van der Waals surface area contributed by atoms with Crippen LogP contribution in [-0.2, 0) is 0 Å². The van der Waals surface area contributed by atoms with Crippen LogP contribution in [0.1, 0.15) is 6.92 Å². The summed E-state index contributed by atoms with van der Waals surface area (Å²) in [5.41, 5.74) is 6.88. The zero-order valence-corrected chi connectivity index (χ0v) is 7.07. The summed E-state index contributed by atoms with van der Waals surface area (Å²) in [4.78, 5) is 4.06. The van der Waals surface area contributed by atoms with Crippen LogP contribution in [-0.4, -0.2) is 6.21 Å². The third-order valence-electron chi connectivity index (χ3n) is 2.37. The summed E-state index contributed by atoms with van der Waals surface area (Å²) < 4.78 is 0. The minimum absolute atomic E-state index is 0.437. The lowest BCUT2D eigenvalue weighted by atomic mass is 9.82. The predicted octanol–water partition coefficient (Wildman–Crippen LogP) is 1.62. The molecule has 1 aliphatic carbocycles. The van der Waals surface area contributed by atoms with E-state index in [1.54, 1.807) is 0 Å². The van der Waals surface area contributed by atoms with Crippen LogP contribution in [0.4, 0.5) is 0 Å². The Morgan fingerprint density at radius 3 is 3.17 bits per heavy atom. The fourth-order valence-electron chi connectivity index (χ4n) is 1.63. The largest absolute Gasteiger partial charge is 0.384 e. The molecule has 0 aromatic rings. The first kappa shape index (κ1) is 7.35. The molecule has 2 unspecified atom stereocenters. The summed E-state index contributed by atoms with van der Waals surface area (Å²) in [6, 6.07) is 0. The van der Waals surface area contributed by atoms with Crippen molar-refractivity contribution in [1.29, 1.82) is 0 Å². The molecule has 0 spiro atoms. The van der Waals surface area contributed by atoms with Crippen LogP contribution in [0.2, 0.25) is 0 Å². The maximum Gasteiger partial charge on any atom is 0.119 e. The Labute approximate surface area is 72.2 Å². The van der Waals surface area contributed by atoms with Gasteiger partial charge in [-0.15, -0.1) is 0 Å². The van der Waals surface area contributed by atoms with Gasteiger partial charge in [0.1, 0.15) is 5.82 Å². The molecule has 0 saturated heterocycles. The molecule has 2 atom stereocenters. The zero-order valence-electron chi connectivity index (χ0n) is 7.07. The third kappa shape index (κ3) is 1.09. The Hall–Kier alpha value is -1.31. The molecule has 1 heterocycles. The van der Waals surface area contributed by atoms with Gasteiger partial charge in [-0.1, -0.05) is 25.2 Å². The lowest BCUT2D eigenvalue weighted by molar-refractivity contribution is 0.584. The number of nitrogens with zero attached hydrogens (tertiary/aromatic N) is 1. The van der Waals surface area contributed by atoms with E-state index in [0.29, 0.717) is 17.7 Å². The first-order valence-electron chi connectivity index (χ1n) is 4.17. The fraction of sp³-hybridized carbons (Fsp3) is 0.300. The topological polar surface area (TPSA) is 38.4 Å². The number of hydrogen-bond donors (Lipinski definition) is 1. The van der Waals surface area contributed by atoms with Gasteiger partial charge in [-0.25, -0.2) is 4.99 Å². The molecule has 0 amide bonds. The molecule has 2 aliphatic rings. The molecular formula is C10H12N2. The third-order valence-corrected chi connectivity index (χ3v) is 2.37. The number of rotatable bonds is 0. The number of allylic oxidation sites excluding steroid dienone is 5. The van der Waals surface area contributed by atoms with Crippen LogP contribution in [0.25, 0.3) is 0 Å². The van der Waals surface area contributed by atoms with E-state index in [9.17, 15) is 0 Å². The van der Waals surface area contributed by atoms with Crippen LogP contribution >= 0.6 is 0 Å². The molecule has 0 fully saturated rings. The second-order valence-corrected chi connectivity index (χ2v) is 3.29. The molecule has 0 aromatic heterocycles. The lowest BCUT2D eigenvalue weighted by Gasteiger charge is -2.24. The van der Waals surface area contributed by atoms with Crippen molar-refractivity contribution in [3.8, 4) is 0 Å². The average Bonchev–Trinajstić information content (AvgIpc) is 2.07. The summed E-state index contributed by atoms with van der Waals surface area (Å²) in [5.74, 6) is 1.61. The van der Waals surface area contributed by atoms with E-state index in [1.807, 2.05) is 12.3 Å². The monoisotopic (exact) mass is 160 g/mol. The maximum absolute atomic E-state index is 5.62. The highest BCUT2D eigenvalue weighted by atomic mass is 14.9. The van der Waals surface area contributed by atoms with E-state index in [4.69, 9.17) is 5.73 Å². The fourth-order valence-corrected chi connectivity index (χ4v) is 1.63. The Bertz CT molecular complexity index is 308. The number of nitrogens with two attached hydrogens (primary N) is 1. The number of aliphatic imine (C=N–C) groups is 1. The molecule has 2 nitrogen and oxygen atoms in total. The first-order valence-corrected chi connectivity index (χ1v) is 4.17. The molecule has 0 saturated carbocycles. The molecule has 0 radical (unpaired) electrons. The van der Waals surface area contributed by atoms with E-state index >= 15 is 0 Å². The summed E-state index contributed by atoms with van der Waals surface area (Å²) in [7, 11) is 0. The van der Waals surface area contributed by atoms with Crippen LogP contribution < -0.4 is 5.73 Å². The van der Waals surface area contributed by atoms with Crippen molar-refractivity contribution >= 4 is 6.21 Å². The van der Waals surface area contributed by atoms with Crippen LogP contribution in [0.15, 0.2) is 40.7 Å². The van der Waals surface area contributed by atoms with Crippen molar-refractivity contribution in [3.63, 3.8) is 0 Å². The van der Waals surface area contributed by atoms with Crippen molar-refractivity contribution in [2.75, 3.05) is 0 Å². The van der Waals surface area contributed by atoms with Gasteiger partial charge in [-0.2, -0.15) is 0 Å². The van der Waals surface area contributed by atoms with Crippen molar-refractivity contribution in [3.05, 3.63) is 35.7 Å². The number of hydrogen-bond acceptors (Lipinski definition) is 2. The molecule has 1 aliphatic heterocycles. The lowest BCUT2D eigenvalue weighted by Crippen LogP contribution is -2.18. The molecule has 0 bridgehead atoms. The normalized spacial score (nSPS) is 32.4. The molecule has 0 aromatic carbocycles. The standard InChI is InChI=1S/C10H12N2/c1-7-3-2-4-8-6-12-10(11)5-9(7)8/h2-7,9H,11H2,1H3. The Morgan fingerprint density at radius 2 is 2.33 bits per heavy atom. The van der Waals surface area contributed by atoms with Crippen molar-refractivity contribution in [1.82, 2.24) is 0 Å². The van der Waals surface area contributed by atoms with Gasteiger partial charge in [0.25, 0.3) is 0 Å². The van der Waals surface area contributed by atoms with E-state index in [0.717, 1.165) is 0 Å². The minimum Gasteiger partial charge on any atom is -0.384 e. The Morgan fingerprint density at radius 1 is 1.50 bits per heavy atom. The molecule has 2 heteroatoms. The maximum atomic E-state index is 5.62. The quantitative estimate of drug-likeness (QED) is 0.574. The average molecular weight is 160 g/mol. The van der Waals surface area contributed by atoms with E-state index in [1.165, 1.54) is 5.57 Å². The highest BCUT2D eigenvalue weighted by Gasteiger charge is 2.21. The van der Waals surface area contributed by atoms with Gasteiger partial charge >= 0.3 is 0 Å². The summed E-state index contributed by atoms with van der Waals surface area (Å²) in [5, 5.41) is 0. The van der Waals surface area contributed by atoms with Gasteiger partial charge in [0.2, 0.25) is 0 Å². The molecular weight excluding hydrogens is 148 g/mol. The van der Waals surface area contributed by atoms with Crippen LogP contribution in [0.5, 0.6) is 0 Å². The van der Waals surface area contributed by atoms with Gasteiger partial charge in [-0.05, 0) is 17.6 Å². The van der Waals surface area contributed by atoms with Gasteiger partial charge in [0.05, 0.1) is 0 Å². The van der Waals surface area contributed by atoms with Gasteiger partial charge in [0.15, 0.2) is 0 Å². The SMILES string of the molecule is CC1C=CC=C2C=NC(N)=CC21. The molecule has 2 N–H and O–H groups in total. The minimum atomic E-state index is 0.437. The summed E-state index contributed by atoms with van der Waals surface area (Å²) >= 11 is 0. The number of fused-ring (bicyclic) bond motifs is 1. The summed E-state index contributed by atoms with van der Waals surface area (Å²) in [6.45, 7) is 2.19. The first-order chi connectivity index (χ1) is 5.77. The van der Waals surface area contributed by atoms with E-state index < -0.39 is 0 Å².